The number of nitrogens with two attached hydrogens (primary N) is 1. The van der Waals surface area contributed by atoms with Crippen molar-refractivity contribution in [3.63, 3.8) is 0 Å². The lowest BCUT2D eigenvalue weighted by atomic mass is 10.1. The lowest BCUT2D eigenvalue weighted by molar-refractivity contribution is 0.306. The minimum absolute atomic E-state index is 0.136. The molecule has 8 nitrogen and oxygen atoms in total. The molecule has 4 rings (SSSR count). The van der Waals surface area contributed by atoms with E-state index in [1.54, 1.807) is 6.20 Å². The molecule has 0 spiro atoms. The van der Waals surface area contributed by atoms with E-state index in [0.29, 0.717) is 17.3 Å². The quantitative estimate of drug-likeness (QED) is 0.576. The molecule has 0 unspecified atom stereocenters. The fourth-order valence-corrected chi connectivity index (χ4v) is 2.61. The summed E-state index contributed by atoms with van der Waals surface area (Å²) in [5.74, 6) is 1.14. The molecule has 0 saturated heterocycles. The first-order chi connectivity index (χ1) is 12.7. The molecule has 0 aliphatic rings. The number of halogens is 1. The van der Waals surface area contributed by atoms with E-state index in [1.807, 2.05) is 48.5 Å². The Labute approximate surface area is 153 Å². The van der Waals surface area contributed by atoms with Crippen molar-refractivity contribution in [1.82, 2.24) is 25.3 Å². The lowest BCUT2D eigenvalue weighted by Gasteiger charge is -2.09. The van der Waals surface area contributed by atoms with Crippen LogP contribution in [-0.2, 0) is 6.61 Å². The summed E-state index contributed by atoms with van der Waals surface area (Å²) in [5.41, 5.74) is 8.21. The molecule has 2 N–H and O–H groups in total. The molecule has 0 atom stereocenters. The van der Waals surface area contributed by atoms with Crippen molar-refractivity contribution in [3.8, 4) is 22.8 Å². The van der Waals surface area contributed by atoms with Crippen molar-refractivity contribution in [1.29, 1.82) is 0 Å². The summed E-state index contributed by atoms with van der Waals surface area (Å²) in [6.07, 6.45) is 1.60. The Hall–Kier alpha value is -3.39. The Morgan fingerprint density at radius 2 is 1.88 bits per heavy atom. The fourth-order valence-electron chi connectivity index (χ4n) is 2.42. The Morgan fingerprint density at radius 3 is 2.62 bits per heavy atom. The molecular weight excluding hydrogens is 356 g/mol. The number of nitrogens with zero attached hydrogens (tertiary/aromatic N) is 5. The van der Waals surface area contributed by atoms with Gasteiger partial charge in [0.15, 0.2) is 0 Å². The summed E-state index contributed by atoms with van der Waals surface area (Å²) < 4.78 is 11.9. The first-order valence-electron chi connectivity index (χ1n) is 7.68. The first kappa shape index (κ1) is 16.1. The Morgan fingerprint density at radius 1 is 1.08 bits per heavy atom. The third kappa shape index (κ3) is 3.09. The Balaban J connectivity index is 1.53. The van der Waals surface area contributed by atoms with Crippen LogP contribution in [0.4, 0.5) is 5.82 Å². The van der Waals surface area contributed by atoms with Gasteiger partial charge in [-0.2, -0.15) is 4.68 Å². The number of nitrogen functional groups attached to an aromatic ring is 1. The van der Waals surface area contributed by atoms with E-state index in [1.165, 1.54) is 4.68 Å². The van der Waals surface area contributed by atoms with Crippen LogP contribution in [0, 0.1) is 0 Å². The normalized spacial score (nSPS) is 10.8. The largest absolute Gasteiger partial charge is 0.489 e. The van der Waals surface area contributed by atoms with Crippen molar-refractivity contribution in [2.75, 3.05) is 5.73 Å². The predicted molar refractivity (Wildman–Crippen MR) is 94.8 cm³/mol. The Bertz CT molecular complexity index is 1030. The maximum absolute atomic E-state index is 6.14. The van der Waals surface area contributed by atoms with Crippen LogP contribution in [0.3, 0.4) is 0 Å². The van der Waals surface area contributed by atoms with E-state index < -0.39 is 0 Å². The third-order valence-electron chi connectivity index (χ3n) is 3.75. The van der Waals surface area contributed by atoms with Gasteiger partial charge in [-0.3, -0.25) is 0 Å². The van der Waals surface area contributed by atoms with Crippen molar-refractivity contribution in [2.24, 2.45) is 0 Å². The molecule has 2 heterocycles. The van der Waals surface area contributed by atoms with Crippen LogP contribution in [0.5, 0.6) is 5.75 Å². The summed E-state index contributed by atoms with van der Waals surface area (Å²) in [4.78, 5) is 0. The molecular formula is C17H13ClN6O2. The highest BCUT2D eigenvalue weighted by Gasteiger charge is 2.15. The van der Waals surface area contributed by atoms with Gasteiger partial charge < -0.3 is 10.5 Å². The molecule has 0 saturated carbocycles. The highest BCUT2D eigenvalue weighted by molar-refractivity contribution is 6.31. The van der Waals surface area contributed by atoms with Gasteiger partial charge >= 0.3 is 0 Å². The third-order valence-corrected chi connectivity index (χ3v) is 4.12. The second-order valence-corrected chi connectivity index (χ2v) is 5.82. The number of benzene rings is 2. The van der Waals surface area contributed by atoms with Gasteiger partial charge in [0.2, 0.25) is 11.6 Å². The molecule has 0 aliphatic heterocycles. The smallest absolute Gasteiger partial charge is 0.243 e. The zero-order chi connectivity index (χ0) is 17.9. The number of hydrogen-bond acceptors (Lipinski definition) is 7. The van der Waals surface area contributed by atoms with E-state index in [9.17, 15) is 0 Å². The van der Waals surface area contributed by atoms with Crippen LogP contribution in [0.15, 0.2) is 59.4 Å². The molecule has 0 radical (unpaired) electrons. The number of aromatic nitrogens is 5. The zero-order valence-corrected chi connectivity index (χ0v) is 14.2. The van der Waals surface area contributed by atoms with Gasteiger partial charge in [0.25, 0.3) is 0 Å². The van der Waals surface area contributed by atoms with Crippen LogP contribution in [0.1, 0.15) is 5.56 Å². The molecule has 0 fully saturated rings. The number of rotatable bonds is 5. The van der Waals surface area contributed by atoms with Gasteiger partial charge in [-0.25, -0.2) is 4.63 Å². The van der Waals surface area contributed by atoms with Crippen LogP contribution in [-0.4, -0.2) is 25.3 Å². The topological polar surface area (TPSA) is 105 Å². The maximum atomic E-state index is 6.14. The summed E-state index contributed by atoms with van der Waals surface area (Å²) >= 11 is 6.14. The average Bonchev–Trinajstić information content (AvgIpc) is 3.30. The van der Waals surface area contributed by atoms with Gasteiger partial charge in [0.1, 0.15) is 12.4 Å². The molecule has 9 heteroatoms. The molecule has 130 valence electrons. The molecule has 0 amide bonds. The second kappa shape index (κ2) is 6.85. The average molecular weight is 369 g/mol. The molecule has 2 aromatic carbocycles. The molecule has 26 heavy (non-hydrogen) atoms. The summed E-state index contributed by atoms with van der Waals surface area (Å²) in [5, 5.41) is 15.9. The van der Waals surface area contributed by atoms with Gasteiger partial charge in [0, 0.05) is 16.1 Å². The summed E-state index contributed by atoms with van der Waals surface area (Å²) in [6, 6.07) is 15.1. The SMILES string of the molecule is Nc1nonc1-n1nncc1-c1ccc(OCc2ccccc2Cl)cc1. The monoisotopic (exact) mass is 368 g/mol. The van der Waals surface area contributed by atoms with Gasteiger partial charge in [-0.15, -0.1) is 5.10 Å². The predicted octanol–water partition coefficient (Wildman–Crippen LogP) is 3.13. The maximum Gasteiger partial charge on any atom is 0.243 e. The highest BCUT2D eigenvalue weighted by Crippen LogP contribution is 2.25. The summed E-state index contributed by atoms with van der Waals surface area (Å²) in [6.45, 7) is 0.389. The Kier molecular flexibility index (Phi) is 4.24. The van der Waals surface area contributed by atoms with Crippen LogP contribution in [0.2, 0.25) is 5.02 Å². The van der Waals surface area contributed by atoms with Crippen molar-refractivity contribution >= 4 is 17.4 Å². The fraction of sp³-hybridized carbons (Fsp3) is 0.0588. The number of hydrogen-bond donors (Lipinski definition) is 1. The number of anilines is 1. The molecule has 4 aromatic rings. The molecule has 2 aromatic heterocycles. The van der Waals surface area contributed by atoms with Crippen LogP contribution in [0.25, 0.3) is 17.1 Å². The zero-order valence-electron chi connectivity index (χ0n) is 13.4. The van der Waals surface area contributed by atoms with E-state index in [0.717, 1.165) is 16.9 Å². The number of ether oxygens (including phenoxy) is 1. The van der Waals surface area contributed by atoms with Gasteiger partial charge in [-0.1, -0.05) is 35.0 Å². The van der Waals surface area contributed by atoms with E-state index in [2.05, 4.69) is 25.3 Å². The highest BCUT2D eigenvalue weighted by atomic mass is 35.5. The van der Waals surface area contributed by atoms with E-state index in [4.69, 9.17) is 22.1 Å². The first-order valence-corrected chi connectivity index (χ1v) is 8.06. The van der Waals surface area contributed by atoms with Gasteiger partial charge in [0.05, 0.1) is 11.9 Å². The van der Waals surface area contributed by atoms with Crippen molar-refractivity contribution in [3.05, 3.63) is 65.3 Å². The summed E-state index contributed by atoms with van der Waals surface area (Å²) in [7, 11) is 0. The minimum atomic E-state index is 0.136. The van der Waals surface area contributed by atoms with Crippen LogP contribution >= 0.6 is 11.6 Å². The molecule has 0 bridgehead atoms. The van der Waals surface area contributed by atoms with E-state index >= 15 is 0 Å². The van der Waals surface area contributed by atoms with Gasteiger partial charge in [-0.05, 0) is 40.6 Å². The standard InChI is InChI=1S/C17H13ClN6O2/c18-14-4-2-1-3-12(14)10-25-13-7-5-11(6-8-13)15-9-20-23-24(15)17-16(19)21-26-22-17/h1-9H,10H2,(H2,19,21). The molecule has 0 aliphatic carbocycles. The van der Waals surface area contributed by atoms with Crippen molar-refractivity contribution in [2.45, 2.75) is 6.61 Å². The van der Waals surface area contributed by atoms with Crippen molar-refractivity contribution < 1.29 is 9.37 Å². The second-order valence-electron chi connectivity index (χ2n) is 5.41. The lowest BCUT2D eigenvalue weighted by Crippen LogP contribution is -2.03. The van der Waals surface area contributed by atoms with E-state index in [-0.39, 0.29) is 11.6 Å². The minimum Gasteiger partial charge on any atom is -0.489 e. The van der Waals surface area contributed by atoms with Crippen LogP contribution < -0.4 is 10.5 Å².